The molecule has 2 bridgehead atoms. The molecule has 0 radical (unpaired) electrons. The van der Waals surface area contributed by atoms with Crippen molar-refractivity contribution in [3.63, 3.8) is 0 Å². The van der Waals surface area contributed by atoms with Crippen LogP contribution in [-0.4, -0.2) is 40.6 Å². The predicted molar refractivity (Wildman–Crippen MR) is 84.7 cm³/mol. The quantitative estimate of drug-likeness (QED) is 0.758. The summed E-state index contributed by atoms with van der Waals surface area (Å²) in [4.78, 5) is 14.4. The van der Waals surface area contributed by atoms with Crippen molar-refractivity contribution >= 4 is 5.91 Å². The van der Waals surface area contributed by atoms with Gasteiger partial charge in [0.15, 0.2) is 0 Å². The van der Waals surface area contributed by atoms with Crippen molar-refractivity contribution < 1.29 is 9.90 Å². The monoisotopic (exact) mass is 307 g/mol. The molecular weight excluding hydrogens is 278 g/mol. The molecule has 0 saturated heterocycles. The van der Waals surface area contributed by atoms with Gasteiger partial charge in [-0.3, -0.25) is 4.79 Å². The number of nitrogens with two attached hydrogens (primary N) is 1. The van der Waals surface area contributed by atoms with Crippen molar-refractivity contribution in [3.8, 4) is 6.07 Å². The molecule has 4 unspecified atom stereocenters. The summed E-state index contributed by atoms with van der Waals surface area (Å²) in [5.74, 6) is 0.341. The summed E-state index contributed by atoms with van der Waals surface area (Å²) in [6, 6.07) is 1.45. The zero-order chi connectivity index (χ0) is 16.4. The van der Waals surface area contributed by atoms with Crippen molar-refractivity contribution in [3.05, 3.63) is 0 Å². The molecule has 5 nitrogen and oxygen atoms in total. The standard InChI is InChI=1S/C17H29N3O2/c1-3-8-20(9-7-18)15(21)14(19)17-6-4-5-13(11-17)10-16(2,22)12-17/h13-14,22H,3-6,8-12,19H2,1-2H3. The van der Waals surface area contributed by atoms with Crippen molar-refractivity contribution in [2.24, 2.45) is 17.1 Å². The first-order valence-corrected chi connectivity index (χ1v) is 8.47. The first kappa shape index (κ1) is 17.2. The summed E-state index contributed by atoms with van der Waals surface area (Å²) in [5, 5.41) is 19.5. The number of hydrogen-bond donors (Lipinski definition) is 2. The molecule has 22 heavy (non-hydrogen) atoms. The van der Waals surface area contributed by atoms with E-state index >= 15 is 0 Å². The molecule has 2 rings (SSSR count). The van der Waals surface area contributed by atoms with Crippen molar-refractivity contribution in [1.29, 1.82) is 5.26 Å². The Kier molecular flexibility index (Phi) is 5.14. The Hall–Kier alpha value is -1.12. The maximum absolute atomic E-state index is 12.8. The number of nitriles is 1. The lowest BCUT2D eigenvalue weighted by molar-refractivity contribution is -0.143. The lowest BCUT2D eigenvalue weighted by Crippen LogP contribution is -2.59. The molecule has 5 heteroatoms. The number of nitrogens with zero attached hydrogens (tertiary/aromatic N) is 2. The highest BCUT2D eigenvalue weighted by molar-refractivity contribution is 5.83. The van der Waals surface area contributed by atoms with Gasteiger partial charge >= 0.3 is 0 Å². The fourth-order valence-corrected chi connectivity index (χ4v) is 4.78. The number of carbonyl (C=O) groups excluding carboxylic acids is 1. The third-order valence-electron chi connectivity index (χ3n) is 5.44. The van der Waals surface area contributed by atoms with E-state index in [0.29, 0.717) is 18.9 Å². The van der Waals surface area contributed by atoms with Crippen molar-refractivity contribution in [1.82, 2.24) is 4.90 Å². The lowest BCUT2D eigenvalue weighted by Gasteiger charge is -2.53. The Balaban J connectivity index is 2.20. The predicted octanol–water partition coefficient (Wildman–Crippen LogP) is 1.80. The normalized spacial score (nSPS) is 35.5. The molecular formula is C17H29N3O2. The maximum atomic E-state index is 12.8. The molecule has 0 aliphatic heterocycles. The zero-order valence-electron chi connectivity index (χ0n) is 13.8. The second kappa shape index (κ2) is 6.55. The highest BCUT2D eigenvalue weighted by Gasteiger charge is 2.52. The van der Waals surface area contributed by atoms with E-state index in [9.17, 15) is 9.90 Å². The first-order chi connectivity index (χ1) is 10.3. The van der Waals surface area contributed by atoms with Crippen LogP contribution in [0.4, 0.5) is 0 Å². The summed E-state index contributed by atoms with van der Waals surface area (Å²) in [7, 11) is 0. The van der Waals surface area contributed by atoms with Crippen LogP contribution in [-0.2, 0) is 4.79 Å². The number of aliphatic hydroxyl groups is 1. The van der Waals surface area contributed by atoms with E-state index in [-0.39, 0.29) is 17.9 Å². The molecule has 0 aromatic heterocycles. The molecule has 4 atom stereocenters. The van der Waals surface area contributed by atoms with Crippen molar-refractivity contribution in [2.75, 3.05) is 13.1 Å². The Morgan fingerprint density at radius 3 is 2.91 bits per heavy atom. The van der Waals surface area contributed by atoms with Crippen LogP contribution in [0.5, 0.6) is 0 Å². The SMILES string of the molecule is CCCN(CC#N)C(=O)C(N)C12CCCC(CC(C)(O)C1)C2. The van der Waals surface area contributed by atoms with E-state index in [1.54, 1.807) is 4.90 Å². The molecule has 0 heterocycles. The summed E-state index contributed by atoms with van der Waals surface area (Å²) in [5.41, 5.74) is 5.37. The molecule has 2 saturated carbocycles. The Bertz CT molecular complexity index is 457. The smallest absolute Gasteiger partial charge is 0.240 e. The number of carbonyl (C=O) groups is 1. The zero-order valence-corrected chi connectivity index (χ0v) is 13.8. The molecule has 0 spiro atoms. The van der Waals surface area contributed by atoms with Crippen LogP contribution in [0.3, 0.4) is 0 Å². The fourth-order valence-electron chi connectivity index (χ4n) is 4.78. The van der Waals surface area contributed by atoms with Crippen LogP contribution in [0.1, 0.15) is 58.8 Å². The Morgan fingerprint density at radius 1 is 1.55 bits per heavy atom. The van der Waals surface area contributed by atoms with E-state index < -0.39 is 11.6 Å². The Morgan fingerprint density at radius 2 is 2.27 bits per heavy atom. The van der Waals surface area contributed by atoms with Gasteiger partial charge in [-0.1, -0.05) is 19.8 Å². The second-order valence-electron chi connectivity index (χ2n) is 7.60. The number of fused-ring (bicyclic) bond motifs is 2. The summed E-state index contributed by atoms with van der Waals surface area (Å²) >= 11 is 0. The van der Waals surface area contributed by atoms with Crippen molar-refractivity contribution in [2.45, 2.75) is 70.4 Å². The van der Waals surface area contributed by atoms with Gasteiger partial charge < -0.3 is 15.7 Å². The van der Waals surface area contributed by atoms with Gasteiger partial charge in [0.2, 0.25) is 5.91 Å². The van der Waals surface area contributed by atoms with Gasteiger partial charge in [0, 0.05) is 6.54 Å². The first-order valence-electron chi connectivity index (χ1n) is 8.47. The van der Waals surface area contributed by atoms with Gasteiger partial charge in [-0.25, -0.2) is 0 Å². The van der Waals surface area contributed by atoms with Gasteiger partial charge in [-0.15, -0.1) is 0 Å². The number of hydrogen-bond acceptors (Lipinski definition) is 4. The van der Waals surface area contributed by atoms with Gasteiger partial charge in [-0.2, -0.15) is 5.26 Å². The van der Waals surface area contributed by atoms with Gasteiger partial charge in [0.1, 0.15) is 6.54 Å². The maximum Gasteiger partial charge on any atom is 0.240 e. The molecule has 124 valence electrons. The molecule has 0 aromatic carbocycles. The fraction of sp³-hybridized carbons (Fsp3) is 0.882. The highest BCUT2D eigenvalue weighted by atomic mass is 16.3. The average molecular weight is 307 g/mol. The number of rotatable bonds is 5. The van der Waals surface area contributed by atoms with E-state index in [2.05, 4.69) is 6.07 Å². The van der Waals surface area contributed by atoms with Crippen LogP contribution in [0.2, 0.25) is 0 Å². The average Bonchev–Trinajstić information content (AvgIpc) is 2.43. The minimum Gasteiger partial charge on any atom is -0.390 e. The molecule has 2 aliphatic carbocycles. The molecule has 2 aliphatic rings. The summed E-state index contributed by atoms with van der Waals surface area (Å²) < 4.78 is 0. The highest BCUT2D eigenvalue weighted by Crippen LogP contribution is 2.53. The lowest BCUT2D eigenvalue weighted by atomic mass is 9.55. The molecule has 0 aromatic rings. The minimum absolute atomic E-state index is 0.0935. The van der Waals surface area contributed by atoms with Crippen LogP contribution < -0.4 is 5.73 Å². The third kappa shape index (κ3) is 3.44. The van der Waals surface area contributed by atoms with E-state index in [0.717, 1.165) is 38.5 Å². The van der Waals surface area contributed by atoms with Crippen LogP contribution in [0.15, 0.2) is 0 Å². The van der Waals surface area contributed by atoms with Crippen LogP contribution in [0.25, 0.3) is 0 Å². The van der Waals surface area contributed by atoms with Crippen LogP contribution in [0, 0.1) is 22.7 Å². The minimum atomic E-state index is -0.730. The van der Waals surface area contributed by atoms with Gasteiger partial charge in [0.05, 0.1) is 17.7 Å². The topological polar surface area (TPSA) is 90.4 Å². The van der Waals surface area contributed by atoms with E-state index in [1.807, 2.05) is 13.8 Å². The third-order valence-corrected chi connectivity index (χ3v) is 5.44. The summed E-state index contributed by atoms with van der Waals surface area (Å²) in [6.07, 6.45) is 6.25. The van der Waals surface area contributed by atoms with E-state index in [1.165, 1.54) is 0 Å². The largest absolute Gasteiger partial charge is 0.390 e. The van der Waals surface area contributed by atoms with Gasteiger partial charge in [0.25, 0.3) is 0 Å². The van der Waals surface area contributed by atoms with E-state index in [4.69, 9.17) is 11.0 Å². The molecule has 1 amide bonds. The molecule has 3 N–H and O–H groups in total. The van der Waals surface area contributed by atoms with Gasteiger partial charge in [-0.05, 0) is 50.4 Å². The summed E-state index contributed by atoms with van der Waals surface area (Å²) in [6.45, 7) is 4.52. The number of amides is 1. The Labute approximate surface area is 133 Å². The second-order valence-corrected chi connectivity index (χ2v) is 7.60. The molecule has 2 fully saturated rings. The van der Waals surface area contributed by atoms with Crippen LogP contribution >= 0.6 is 0 Å².